The van der Waals surface area contributed by atoms with Gasteiger partial charge in [-0.25, -0.2) is 24.9 Å². The Balaban J connectivity index is -0.000000144. The molecular weight excluding hydrogens is 608 g/mol. The molecule has 6 nitrogen and oxygen atoms in total. The number of aliphatic imine (C=N–C) groups is 1. The summed E-state index contributed by atoms with van der Waals surface area (Å²) < 4.78 is 54.8. The van der Waals surface area contributed by atoms with Crippen molar-refractivity contribution in [2.24, 2.45) is 4.99 Å². The number of halogens is 6. The fourth-order valence-corrected chi connectivity index (χ4v) is 1.89. The van der Waals surface area contributed by atoms with Crippen LogP contribution in [0.4, 0.5) is 21.0 Å². The summed E-state index contributed by atoms with van der Waals surface area (Å²) in [6.07, 6.45) is 4.00. The van der Waals surface area contributed by atoms with E-state index >= 15 is 0 Å². The van der Waals surface area contributed by atoms with Gasteiger partial charge in [0, 0.05) is 0 Å². The quantitative estimate of drug-likeness (QED) is 0.139. The van der Waals surface area contributed by atoms with Gasteiger partial charge in [-0.3, -0.25) is 4.99 Å². The monoisotopic (exact) mass is 637 g/mol. The largest absolute Gasteiger partial charge is 5.00 e. The molecule has 0 aromatic heterocycles. The molecule has 0 unspecified atom stereocenters. The number of ether oxygens (including phenoxy) is 1. The Morgan fingerprint density at radius 1 is 0.811 bits per heavy atom. The Labute approximate surface area is 227 Å². The Bertz CT molecular complexity index is 829. The molecule has 1 radical (unpaired) electrons. The average Bonchev–Trinajstić information content (AvgIpc) is 3.26. The van der Waals surface area contributed by atoms with Gasteiger partial charge in [0.15, 0.2) is 0 Å². The average molecular weight is 637 g/mol. The Kier molecular flexibility index (Phi) is 31.4. The van der Waals surface area contributed by atoms with Crippen molar-refractivity contribution in [3.63, 3.8) is 0 Å². The van der Waals surface area contributed by atoms with Gasteiger partial charge < -0.3 is 31.1 Å². The van der Waals surface area contributed by atoms with Crippen LogP contribution in [-0.2, 0) is 24.2 Å². The maximum atomic E-state index is 9.84. The van der Waals surface area contributed by atoms with E-state index in [1.165, 1.54) is 5.56 Å². The van der Waals surface area contributed by atoms with Crippen LogP contribution in [0, 0.1) is 6.07 Å². The summed E-state index contributed by atoms with van der Waals surface area (Å²) in [4.78, 5) is 4.59. The maximum Gasteiger partial charge on any atom is 5.00 e. The van der Waals surface area contributed by atoms with Crippen LogP contribution in [0.25, 0.3) is 21.6 Å². The molecule has 1 heterocycles. The molecule has 0 aliphatic carbocycles. The van der Waals surface area contributed by atoms with Crippen molar-refractivity contribution in [2.75, 3.05) is 6.61 Å². The van der Waals surface area contributed by atoms with E-state index in [4.69, 9.17) is 26.4 Å². The van der Waals surface area contributed by atoms with Gasteiger partial charge in [0.05, 0.1) is 0 Å². The third-order valence-corrected chi connectivity index (χ3v) is 2.77. The molecule has 0 amide bonds. The maximum absolute atomic E-state index is 9.84. The topological polar surface area (TPSA) is 111 Å². The second-order valence-electron chi connectivity index (χ2n) is 5.62. The number of benzene rings is 2. The van der Waals surface area contributed by atoms with E-state index in [2.05, 4.69) is 23.2 Å². The second kappa shape index (κ2) is 26.3. The van der Waals surface area contributed by atoms with E-state index in [1.54, 1.807) is 27.7 Å². The molecule has 2 aromatic carbocycles. The molecule has 1 aliphatic heterocycles. The van der Waals surface area contributed by atoms with Crippen LogP contribution in [0.1, 0.15) is 44.9 Å². The normalized spacial score (nSPS) is 13.1. The van der Waals surface area contributed by atoms with E-state index in [9.17, 15) is 21.0 Å². The SMILES string of the molecule is CC=[N-].CC=[N-].CC=[N-].CC=[N-].FP(F)(F)(F)F.[F-].[Ru+5].[c-]1ccccc1C1=N[C@@H](c2ccccc2)CO1. The van der Waals surface area contributed by atoms with E-state index in [0.717, 1.165) is 30.4 Å². The van der Waals surface area contributed by atoms with Crippen molar-refractivity contribution >= 4 is 38.9 Å². The van der Waals surface area contributed by atoms with Gasteiger partial charge in [0.1, 0.15) is 18.5 Å². The summed E-state index contributed by atoms with van der Waals surface area (Å²) in [6.45, 7) is 6.84. The molecule has 0 spiro atoms. The van der Waals surface area contributed by atoms with Crippen molar-refractivity contribution in [3.8, 4) is 0 Å². The molecule has 0 bridgehead atoms. The number of nitrogens with zero attached hydrogens (tertiary/aromatic N) is 5. The Morgan fingerprint density at radius 3 is 1.54 bits per heavy atom. The zero-order chi connectivity index (χ0) is 27.8. The minimum atomic E-state index is -8.55. The van der Waals surface area contributed by atoms with Crippen molar-refractivity contribution < 1.29 is 49.9 Å². The van der Waals surface area contributed by atoms with Gasteiger partial charge in [0.25, 0.3) is 0 Å². The first-order valence-electron chi connectivity index (χ1n) is 9.85. The van der Waals surface area contributed by atoms with Crippen LogP contribution < -0.4 is 4.70 Å². The first-order chi connectivity index (χ1) is 16.3. The molecule has 3 rings (SSSR count). The van der Waals surface area contributed by atoms with Crippen LogP contribution >= 0.6 is 8.16 Å². The van der Waals surface area contributed by atoms with Gasteiger partial charge in [-0.2, -0.15) is 0 Å². The summed E-state index contributed by atoms with van der Waals surface area (Å²) in [5.74, 6) is 0.694. The third-order valence-electron chi connectivity index (χ3n) is 2.77. The molecule has 37 heavy (non-hydrogen) atoms. The minimum Gasteiger partial charge on any atom is -1.00 e. The van der Waals surface area contributed by atoms with Gasteiger partial charge in [0.2, 0.25) is 0 Å². The fraction of sp³-hybridized carbons (Fsp3) is 0.261. The summed E-state index contributed by atoms with van der Waals surface area (Å²) in [7, 11) is -8.55. The van der Waals surface area contributed by atoms with E-state index in [-0.39, 0.29) is 30.2 Å². The van der Waals surface area contributed by atoms with Crippen LogP contribution in [0.5, 0.6) is 0 Å². The molecule has 1 aliphatic rings. The van der Waals surface area contributed by atoms with Crippen LogP contribution in [-0.4, -0.2) is 37.4 Å². The van der Waals surface area contributed by atoms with Crippen molar-refractivity contribution in [3.05, 3.63) is 93.4 Å². The molecule has 207 valence electrons. The molecule has 14 heteroatoms. The van der Waals surface area contributed by atoms with Crippen LogP contribution in [0.3, 0.4) is 0 Å². The third kappa shape index (κ3) is 35.5. The molecule has 0 N–H and O–H groups in total. The number of hydrogen-bond acceptors (Lipinski definition) is 2. The molecule has 2 aromatic rings. The number of hydrogen-bond donors (Lipinski definition) is 0. The van der Waals surface area contributed by atoms with Gasteiger partial charge >= 0.3 is 48.6 Å². The summed E-state index contributed by atoms with van der Waals surface area (Å²) >= 11 is 0. The fourth-order valence-electron chi connectivity index (χ4n) is 1.89. The van der Waals surface area contributed by atoms with Crippen molar-refractivity contribution in [1.82, 2.24) is 0 Å². The first kappa shape index (κ1) is 44.2. The molecule has 0 saturated carbocycles. The van der Waals surface area contributed by atoms with E-state index in [1.807, 2.05) is 42.5 Å². The van der Waals surface area contributed by atoms with Gasteiger partial charge in [-0.15, -0.1) is 30.3 Å². The minimum absolute atomic E-state index is 0. The summed E-state index contributed by atoms with van der Waals surface area (Å²) in [6, 6.07) is 21.2. The second-order valence-corrected chi connectivity index (χ2v) is 6.90. The molecule has 0 fully saturated rings. The summed E-state index contributed by atoms with van der Waals surface area (Å²) in [5.41, 5.74) is 2.12. The van der Waals surface area contributed by atoms with Crippen LogP contribution in [0.2, 0.25) is 0 Å². The smallest absolute Gasteiger partial charge is 1.00 e. The van der Waals surface area contributed by atoms with E-state index in [0.29, 0.717) is 12.5 Å². The van der Waals surface area contributed by atoms with Gasteiger partial charge in [-0.1, -0.05) is 63.6 Å². The van der Waals surface area contributed by atoms with Crippen molar-refractivity contribution in [2.45, 2.75) is 33.7 Å². The Hall–Kier alpha value is -2.78. The zero-order valence-corrected chi connectivity index (χ0v) is 23.1. The Morgan fingerprint density at radius 2 is 1.19 bits per heavy atom. The first-order valence-corrected chi connectivity index (χ1v) is 11.5. The van der Waals surface area contributed by atoms with Crippen molar-refractivity contribution in [1.29, 1.82) is 0 Å². The predicted molar refractivity (Wildman–Crippen MR) is 140 cm³/mol. The summed E-state index contributed by atoms with van der Waals surface area (Å²) in [5, 5.41) is 29.8. The van der Waals surface area contributed by atoms with Crippen LogP contribution in [0.15, 0.2) is 59.6 Å². The molecule has 0 saturated heterocycles. The van der Waals surface area contributed by atoms with Gasteiger partial charge in [-0.05, 0) is 5.56 Å². The van der Waals surface area contributed by atoms with E-state index < -0.39 is 8.16 Å². The molecule has 1 atom stereocenters. The zero-order valence-electron chi connectivity index (χ0n) is 20.5. The molecular formula is C23H28F6N5OPRu-. The predicted octanol–water partition coefficient (Wildman–Crippen LogP) is 5.55. The number of rotatable bonds is 2. The standard InChI is InChI=1S/C15H12NO.4C2H4N.F5P.FH.Ru/c1-3-7-12(8-4-1)14-11-17-15(16-14)13-9-5-2-6-10-13;4*1-2-3;1-6(2,3,4)5;;/h1-9,14H,11H2;4*2H,1H3;;1H;/q5*-1;;;+5/p-1/t14-;;;;;;;/m1......./s1.